The largest absolute Gasteiger partial charge is 0.382 e. The van der Waals surface area contributed by atoms with E-state index < -0.39 is 0 Å². The second-order valence-corrected chi connectivity index (χ2v) is 3.44. The third-order valence-corrected chi connectivity index (χ3v) is 2.39. The van der Waals surface area contributed by atoms with Crippen molar-refractivity contribution in [3.05, 3.63) is 0 Å². The van der Waals surface area contributed by atoms with E-state index in [1.165, 1.54) is 12.8 Å². The summed E-state index contributed by atoms with van der Waals surface area (Å²) in [6, 6.07) is 0. The number of amidine groups is 1. The molecule has 1 aliphatic rings. The Hall–Kier alpha value is -0.570. The Morgan fingerprint density at radius 1 is 1.46 bits per heavy atom. The van der Waals surface area contributed by atoms with Crippen LogP contribution >= 0.6 is 0 Å². The van der Waals surface area contributed by atoms with Crippen molar-refractivity contribution >= 4 is 5.84 Å². The van der Waals surface area contributed by atoms with Gasteiger partial charge in [0, 0.05) is 32.7 Å². The molecule has 0 aromatic rings. The van der Waals surface area contributed by atoms with E-state index in [9.17, 15) is 0 Å². The first kappa shape index (κ1) is 10.5. The molecule has 0 aromatic carbocycles. The molecule has 0 unspecified atom stereocenters. The Balaban J connectivity index is 2.08. The average molecular weight is 184 g/mol. The zero-order valence-corrected chi connectivity index (χ0v) is 8.51. The summed E-state index contributed by atoms with van der Waals surface area (Å²) in [7, 11) is 0. The lowest BCUT2D eigenvalue weighted by Gasteiger charge is -2.29. The molecule has 0 bridgehead atoms. The summed E-state index contributed by atoms with van der Waals surface area (Å²) in [4.78, 5) is 2.18. The van der Waals surface area contributed by atoms with E-state index in [1.54, 1.807) is 0 Å². The molecule has 0 aromatic heterocycles. The van der Waals surface area contributed by atoms with Gasteiger partial charge in [-0.05, 0) is 26.2 Å². The molecule has 0 amide bonds. The highest BCUT2D eigenvalue weighted by molar-refractivity contribution is 5.79. The van der Waals surface area contributed by atoms with Gasteiger partial charge in [-0.25, -0.2) is 0 Å². The van der Waals surface area contributed by atoms with Crippen LogP contribution in [-0.4, -0.2) is 37.0 Å². The minimum absolute atomic E-state index is 0.803. The van der Waals surface area contributed by atoms with E-state index in [4.69, 9.17) is 10.1 Å². The van der Waals surface area contributed by atoms with Crippen molar-refractivity contribution in [2.45, 2.75) is 32.6 Å². The zero-order chi connectivity index (χ0) is 9.52. The maximum Gasteiger partial charge on any atom is 0.0957 e. The van der Waals surface area contributed by atoms with Crippen molar-refractivity contribution < 1.29 is 4.74 Å². The summed E-state index contributed by atoms with van der Waals surface area (Å²) in [6.07, 6.45) is 4.46. The molecule has 0 atom stereocenters. The third kappa shape index (κ3) is 3.77. The highest BCUT2D eigenvalue weighted by atomic mass is 16.5. The van der Waals surface area contributed by atoms with Crippen LogP contribution in [0.1, 0.15) is 32.6 Å². The Morgan fingerprint density at radius 2 is 2.31 bits per heavy atom. The number of rotatable bonds is 5. The normalized spacial score (nSPS) is 17.9. The lowest BCUT2D eigenvalue weighted by molar-refractivity contribution is 0.138. The molecule has 13 heavy (non-hydrogen) atoms. The highest BCUT2D eigenvalue weighted by Gasteiger charge is 2.13. The fourth-order valence-electron chi connectivity index (χ4n) is 1.64. The second-order valence-electron chi connectivity index (χ2n) is 3.44. The predicted octanol–water partition coefficient (Wildman–Crippen LogP) is 1.88. The standard InChI is InChI=1S/C10H20N2O/c1-2-13-9-5-8-12-7-4-3-6-10(12)11/h11H,2-9H2,1H3. The molecule has 1 fully saturated rings. The number of nitrogens with zero attached hydrogens (tertiary/aromatic N) is 1. The SMILES string of the molecule is CCOCCCN1CCCCC1=N. The number of likely N-dealkylation sites (tertiary alicyclic amines) is 1. The van der Waals surface area contributed by atoms with Crippen LogP contribution in [0.15, 0.2) is 0 Å². The summed E-state index contributed by atoms with van der Waals surface area (Å²) >= 11 is 0. The fraction of sp³-hybridized carbons (Fsp3) is 0.900. The maximum absolute atomic E-state index is 7.71. The first-order valence-corrected chi connectivity index (χ1v) is 5.24. The zero-order valence-electron chi connectivity index (χ0n) is 8.51. The van der Waals surface area contributed by atoms with Crippen molar-refractivity contribution in [2.75, 3.05) is 26.3 Å². The lowest BCUT2D eigenvalue weighted by Crippen LogP contribution is -2.35. The number of hydrogen-bond acceptors (Lipinski definition) is 2. The van der Waals surface area contributed by atoms with Crippen LogP contribution in [0.5, 0.6) is 0 Å². The van der Waals surface area contributed by atoms with Crippen molar-refractivity contribution in [1.29, 1.82) is 5.41 Å². The van der Waals surface area contributed by atoms with Crippen molar-refractivity contribution in [2.24, 2.45) is 0 Å². The molecule has 3 heteroatoms. The summed E-state index contributed by atoms with van der Waals surface area (Å²) in [5, 5.41) is 7.71. The number of piperidine rings is 1. The van der Waals surface area contributed by atoms with Gasteiger partial charge in [-0.1, -0.05) is 0 Å². The van der Waals surface area contributed by atoms with Crippen LogP contribution in [0.4, 0.5) is 0 Å². The Morgan fingerprint density at radius 3 is 3.00 bits per heavy atom. The van der Waals surface area contributed by atoms with Gasteiger partial charge < -0.3 is 9.64 Å². The van der Waals surface area contributed by atoms with E-state index in [-0.39, 0.29) is 0 Å². The van der Waals surface area contributed by atoms with E-state index in [2.05, 4.69) is 4.90 Å². The Bertz CT molecular complexity index is 159. The van der Waals surface area contributed by atoms with E-state index in [1.807, 2.05) is 6.92 Å². The summed E-state index contributed by atoms with van der Waals surface area (Å²) in [6.45, 7) is 5.73. The number of ether oxygens (including phenoxy) is 1. The van der Waals surface area contributed by atoms with E-state index in [0.717, 1.165) is 45.0 Å². The third-order valence-electron chi connectivity index (χ3n) is 2.39. The van der Waals surface area contributed by atoms with Gasteiger partial charge in [-0.15, -0.1) is 0 Å². The monoisotopic (exact) mass is 184 g/mol. The fourth-order valence-corrected chi connectivity index (χ4v) is 1.64. The van der Waals surface area contributed by atoms with Crippen LogP contribution in [0.3, 0.4) is 0 Å². The van der Waals surface area contributed by atoms with Crippen LogP contribution < -0.4 is 0 Å². The second kappa shape index (κ2) is 5.97. The predicted molar refractivity (Wildman–Crippen MR) is 54.3 cm³/mol. The quantitative estimate of drug-likeness (QED) is 0.662. The van der Waals surface area contributed by atoms with Gasteiger partial charge in [-0.2, -0.15) is 0 Å². The molecule has 1 saturated heterocycles. The van der Waals surface area contributed by atoms with Crippen molar-refractivity contribution in [1.82, 2.24) is 4.90 Å². The lowest BCUT2D eigenvalue weighted by atomic mass is 10.1. The first-order chi connectivity index (χ1) is 6.34. The van der Waals surface area contributed by atoms with Gasteiger partial charge in [0.05, 0.1) is 5.84 Å². The number of hydrogen-bond donors (Lipinski definition) is 1. The van der Waals surface area contributed by atoms with Crippen molar-refractivity contribution in [3.8, 4) is 0 Å². The molecule has 1 rings (SSSR count). The number of nitrogens with one attached hydrogen (secondary N) is 1. The van der Waals surface area contributed by atoms with Crippen LogP contribution in [0.2, 0.25) is 0 Å². The highest BCUT2D eigenvalue weighted by Crippen LogP contribution is 2.10. The minimum atomic E-state index is 0.803. The molecule has 1 N–H and O–H groups in total. The molecule has 0 spiro atoms. The van der Waals surface area contributed by atoms with E-state index >= 15 is 0 Å². The summed E-state index contributed by atoms with van der Waals surface area (Å²) < 4.78 is 5.26. The topological polar surface area (TPSA) is 36.3 Å². The molecule has 1 aliphatic heterocycles. The summed E-state index contributed by atoms with van der Waals surface area (Å²) in [5.74, 6) is 0.822. The van der Waals surface area contributed by atoms with Gasteiger partial charge in [0.2, 0.25) is 0 Å². The molecule has 1 heterocycles. The Kier molecular flexibility index (Phi) is 4.83. The molecular formula is C10H20N2O. The van der Waals surface area contributed by atoms with Crippen molar-refractivity contribution in [3.63, 3.8) is 0 Å². The molecule has 0 saturated carbocycles. The smallest absolute Gasteiger partial charge is 0.0957 e. The average Bonchev–Trinajstić information content (AvgIpc) is 2.15. The van der Waals surface area contributed by atoms with Crippen LogP contribution in [0, 0.1) is 5.41 Å². The molecule has 3 nitrogen and oxygen atoms in total. The molecular weight excluding hydrogens is 164 g/mol. The molecule has 0 aliphatic carbocycles. The van der Waals surface area contributed by atoms with Gasteiger partial charge in [0.25, 0.3) is 0 Å². The minimum Gasteiger partial charge on any atom is -0.382 e. The summed E-state index contributed by atoms with van der Waals surface area (Å²) in [5.41, 5.74) is 0. The Labute approximate surface area is 80.6 Å². The van der Waals surface area contributed by atoms with Gasteiger partial charge >= 0.3 is 0 Å². The van der Waals surface area contributed by atoms with Crippen LogP contribution in [0.25, 0.3) is 0 Å². The van der Waals surface area contributed by atoms with E-state index in [0.29, 0.717) is 0 Å². The van der Waals surface area contributed by atoms with Gasteiger partial charge in [-0.3, -0.25) is 5.41 Å². The molecule has 0 radical (unpaired) electrons. The maximum atomic E-state index is 7.71. The van der Waals surface area contributed by atoms with Gasteiger partial charge in [0.1, 0.15) is 0 Å². The first-order valence-electron chi connectivity index (χ1n) is 5.24. The van der Waals surface area contributed by atoms with Crippen LogP contribution in [-0.2, 0) is 4.74 Å². The molecule has 76 valence electrons. The van der Waals surface area contributed by atoms with Gasteiger partial charge in [0.15, 0.2) is 0 Å².